The molecule has 0 spiro atoms. The number of nitrogens with zero attached hydrogens (tertiary/aromatic N) is 1. The van der Waals surface area contributed by atoms with Crippen molar-refractivity contribution in [3.63, 3.8) is 0 Å². The van der Waals surface area contributed by atoms with E-state index in [0.29, 0.717) is 0 Å². The lowest BCUT2D eigenvalue weighted by molar-refractivity contribution is 0.316. The van der Waals surface area contributed by atoms with E-state index in [1.165, 1.54) is 50.5 Å². The van der Waals surface area contributed by atoms with E-state index in [1.807, 2.05) is 0 Å². The maximum Gasteiger partial charge on any atom is 0.0824 e. The largest absolute Gasteiger partial charge is 0.411 e. The Morgan fingerprint density at radius 1 is 1.12 bits per heavy atom. The molecule has 2 nitrogen and oxygen atoms in total. The summed E-state index contributed by atoms with van der Waals surface area (Å²) >= 11 is 0. The maximum atomic E-state index is 8.88. The first kappa shape index (κ1) is 13.3. The Morgan fingerprint density at radius 3 is 2.62 bits per heavy atom. The average molecular weight is 223 g/mol. The minimum absolute atomic E-state index is 0.930. The topological polar surface area (TPSA) is 32.6 Å². The van der Waals surface area contributed by atoms with Crippen LogP contribution in [0.2, 0.25) is 0 Å². The number of unbranched alkanes of at least 4 members (excludes halogenated alkanes) is 5. The van der Waals surface area contributed by atoms with Crippen molar-refractivity contribution < 1.29 is 5.21 Å². The van der Waals surface area contributed by atoms with Crippen molar-refractivity contribution >= 4 is 5.71 Å². The van der Waals surface area contributed by atoms with Crippen LogP contribution in [0.25, 0.3) is 0 Å². The van der Waals surface area contributed by atoms with Crippen LogP contribution < -0.4 is 0 Å². The fourth-order valence-electron chi connectivity index (χ4n) is 2.27. The van der Waals surface area contributed by atoms with Gasteiger partial charge in [-0.3, -0.25) is 0 Å². The summed E-state index contributed by atoms with van der Waals surface area (Å²) in [6.45, 7) is 2.24. The van der Waals surface area contributed by atoms with Crippen molar-refractivity contribution in [1.29, 1.82) is 0 Å². The molecular formula is C14H25NO. The van der Waals surface area contributed by atoms with Gasteiger partial charge in [-0.15, -0.1) is 0 Å². The van der Waals surface area contributed by atoms with Gasteiger partial charge in [0.2, 0.25) is 0 Å². The van der Waals surface area contributed by atoms with Crippen LogP contribution in [0.3, 0.4) is 0 Å². The molecule has 1 rings (SSSR count). The zero-order valence-electron chi connectivity index (χ0n) is 10.5. The Hall–Kier alpha value is -0.790. The molecule has 0 aliphatic heterocycles. The molecule has 1 N–H and O–H groups in total. The fraction of sp³-hybridized carbons (Fsp3) is 0.786. The van der Waals surface area contributed by atoms with E-state index in [-0.39, 0.29) is 0 Å². The van der Waals surface area contributed by atoms with Crippen LogP contribution in [0.5, 0.6) is 0 Å². The van der Waals surface area contributed by atoms with Crippen molar-refractivity contribution in [2.24, 2.45) is 5.16 Å². The first-order valence-corrected chi connectivity index (χ1v) is 6.78. The summed E-state index contributed by atoms with van der Waals surface area (Å²) in [5.74, 6) is 0. The van der Waals surface area contributed by atoms with Crippen LogP contribution in [0.15, 0.2) is 16.8 Å². The molecule has 0 saturated heterocycles. The number of oxime groups is 1. The van der Waals surface area contributed by atoms with Gasteiger partial charge in [-0.2, -0.15) is 0 Å². The first-order valence-electron chi connectivity index (χ1n) is 6.78. The molecule has 0 atom stereocenters. The van der Waals surface area contributed by atoms with E-state index in [9.17, 15) is 0 Å². The highest BCUT2D eigenvalue weighted by atomic mass is 16.4. The van der Waals surface area contributed by atoms with E-state index >= 15 is 0 Å². The minimum atomic E-state index is 0.930. The smallest absolute Gasteiger partial charge is 0.0824 e. The molecule has 0 amide bonds. The predicted octanol–water partition coefficient (Wildman–Crippen LogP) is 4.68. The number of hydrogen-bond donors (Lipinski definition) is 1. The summed E-state index contributed by atoms with van der Waals surface area (Å²) in [6.07, 6.45) is 14.6. The SMILES string of the molecule is CCCCCCC/C=C1\CCCC\C1=N/O. The minimum Gasteiger partial charge on any atom is -0.411 e. The van der Waals surface area contributed by atoms with Gasteiger partial charge < -0.3 is 5.21 Å². The van der Waals surface area contributed by atoms with Crippen molar-refractivity contribution in [2.45, 2.75) is 71.1 Å². The Balaban J connectivity index is 2.21. The number of rotatable bonds is 6. The predicted molar refractivity (Wildman–Crippen MR) is 69.1 cm³/mol. The van der Waals surface area contributed by atoms with E-state index in [0.717, 1.165) is 25.0 Å². The second-order valence-corrected chi connectivity index (χ2v) is 4.69. The van der Waals surface area contributed by atoms with Gasteiger partial charge in [0.1, 0.15) is 0 Å². The quantitative estimate of drug-likeness (QED) is 0.396. The van der Waals surface area contributed by atoms with E-state index in [2.05, 4.69) is 18.2 Å². The average Bonchev–Trinajstić information content (AvgIpc) is 2.34. The third-order valence-electron chi connectivity index (χ3n) is 3.30. The molecule has 16 heavy (non-hydrogen) atoms. The van der Waals surface area contributed by atoms with Gasteiger partial charge >= 0.3 is 0 Å². The molecule has 0 aromatic carbocycles. The van der Waals surface area contributed by atoms with Crippen LogP contribution in [-0.2, 0) is 0 Å². The zero-order chi connectivity index (χ0) is 11.6. The monoisotopic (exact) mass is 223 g/mol. The second kappa shape index (κ2) is 8.37. The van der Waals surface area contributed by atoms with Gasteiger partial charge in [0, 0.05) is 0 Å². The summed E-state index contributed by atoms with van der Waals surface area (Å²) in [4.78, 5) is 0. The Labute approximate surface area is 99.4 Å². The van der Waals surface area contributed by atoms with Crippen molar-refractivity contribution in [1.82, 2.24) is 0 Å². The summed E-state index contributed by atoms with van der Waals surface area (Å²) in [6, 6.07) is 0. The number of allylic oxidation sites excluding steroid dienone is 2. The molecule has 1 fully saturated rings. The Kier molecular flexibility index (Phi) is 6.95. The molecule has 0 aromatic heterocycles. The summed E-state index contributed by atoms with van der Waals surface area (Å²) in [7, 11) is 0. The summed E-state index contributed by atoms with van der Waals surface area (Å²) in [5, 5.41) is 12.3. The van der Waals surface area contributed by atoms with Crippen LogP contribution in [0.1, 0.15) is 71.1 Å². The fourth-order valence-corrected chi connectivity index (χ4v) is 2.27. The highest BCUT2D eigenvalue weighted by Gasteiger charge is 2.12. The molecule has 0 aromatic rings. The summed E-state index contributed by atoms with van der Waals surface area (Å²) in [5.41, 5.74) is 2.23. The van der Waals surface area contributed by atoms with Gasteiger partial charge in [0.05, 0.1) is 5.71 Å². The summed E-state index contributed by atoms with van der Waals surface area (Å²) < 4.78 is 0. The van der Waals surface area contributed by atoms with Gasteiger partial charge in [-0.25, -0.2) is 0 Å². The third-order valence-corrected chi connectivity index (χ3v) is 3.30. The molecule has 0 unspecified atom stereocenters. The molecule has 1 aliphatic carbocycles. The maximum absolute atomic E-state index is 8.88. The Bertz CT molecular complexity index is 243. The van der Waals surface area contributed by atoms with Gasteiger partial charge in [-0.05, 0) is 44.1 Å². The molecule has 92 valence electrons. The normalized spacial score (nSPS) is 21.8. The molecule has 0 bridgehead atoms. The Morgan fingerprint density at radius 2 is 1.88 bits per heavy atom. The van der Waals surface area contributed by atoms with Crippen LogP contribution >= 0.6 is 0 Å². The lowest BCUT2D eigenvalue weighted by Crippen LogP contribution is -2.09. The van der Waals surface area contributed by atoms with Crippen molar-refractivity contribution in [3.8, 4) is 0 Å². The van der Waals surface area contributed by atoms with Gasteiger partial charge in [0.15, 0.2) is 0 Å². The van der Waals surface area contributed by atoms with Crippen LogP contribution in [0.4, 0.5) is 0 Å². The van der Waals surface area contributed by atoms with E-state index in [1.54, 1.807) is 0 Å². The highest BCUT2D eigenvalue weighted by molar-refractivity contribution is 6.00. The van der Waals surface area contributed by atoms with Gasteiger partial charge in [0.25, 0.3) is 0 Å². The third kappa shape index (κ3) is 4.82. The van der Waals surface area contributed by atoms with E-state index < -0.39 is 0 Å². The van der Waals surface area contributed by atoms with E-state index in [4.69, 9.17) is 5.21 Å². The first-order chi connectivity index (χ1) is 7.88. The molecule has 2 heteroatoms. The van der Waals surface area contributed by atoms with Crippen molar-refractivity contribution in [3.05, 3.63) is 11.6 Å². The zero-order valence-corrected chi connectivity index (χ0v) is 10.5. The molecular weight excluding hydrogens is 198 g/mol. The van der Waals surface area contributed by atoms with Crippen LogP contribution in [0, 0.1) is 0 Å². The number of hydrogen-bond acceptors (Lipinski definition) is 2. The highest BCUT2D eigenvalue weighted by Crippen LogP contribution is 2.21. The lowest BCUT2D eigenvalue weighted by Gasteiger charge is -2.15. The van der Waals surface area contributed by atoms with Gasteiger partial charge in [-0.1, -0.05) is 43.8 Å². The lowest BCUT2D eigenvalue weighted by atomic mass is 9.92. The molecule has 1 saturated carbocycles. The molecule has 0 heterocycles. The standard InChI is InChI=1S/C14H25NO/c1-2-3-4-5-6-7-10-13-11-8-9-12-14(13)15-16/h10,16H,2-9,11-12H2,1H3/b13-10+,15-14+. The molecule has 0 radical (unpaired) electrons. The van der Waals surface area contributed by atoms with Crippen LogP contribution in [-0.4, -0.2) is 10.9 Å². The second-order valence-electron chi connectivity index (χ2n) is 4.69. The molecule has 1 aliphatic rings. The van der Waals surface area contributed by atoms with Crippen molar-refractivity contribution in [2.75, 3.05) is 0 Å².